The van der Waals surface area contributed by atoms with Gasteiger partial charge in [0.05, 0.1) is 0 Å². The maximum atomic E-state index is 12.8. The van der Waals surface area contributed by atoms with Crippen LogP contribution in [-0.4, -0.2) is 28.7 Å². The number of aromatic nitrogens is 1. The molecule has 0 bridgehead atoms. The van der Waals surface area contributed by atoms with Crippen LogP contribution in [0.4, 0.5) is 5.69 Å². The van der Waals surface area contributed by atoms with Crippen LogP contribution in [0.15, 0.2) is 61.2 Å². The number of hydrogen-bond donors (Lipinski definition) is 2. The van der Waals surface area contributed by atoms with Crippen molar-refractivity contribution in [1.29, 1.82) is 0 Å². The fourth-order valence-corrected chi connectivity index (χ4v) is 3.47. The Labute approximate surface area is 161 Å². The average molecular weight is 373 g/mol. The number of hydrogen-bond acceptors (Lipinski definition) is 3. The molecule has 1 aliphatic heterocycles. The molecule has 0 unspecified atom stereocenters. The second kappa shape index (κ2) is 7.15. The molecule has 2 N–H and O–H groups in total. The van der Waals surface area contributed by atoms with Crippen molar-refractivity contribution in [2.75, 3.05) is 11.9 Å². The van der Waals surface area contributed by atoms with Crippen molar-refractivity contribution in [3.63, 3.8) is 0 Å². The first-order valence-electron chi connectivity index (χ1n) is 9.02. The van der Waals surface area contributed by atoms with Crippen molar-refractivity contribution in [3.8, 4) is 0 Å². The van der Waals surface area contributed by atoms with Crippen molar-refractivity contribution < 1.29 is 14.4 Å². The summed E-state index contributed by atoms with van der Waals surface area (Å²) in [4.78, 5) is 36.3. The van der Waals surface area contributed by atoms with Gasteiger partial charge in [0.2, 0.25) is 5.91 Å². The van der Waals surface area contributed by atoms with Crippen molar-refractivity contribution >= 4 is 34.2 Å². The first-order chi connectivity index (χ1) is 13.5. The summed E-state index contributed by atoms with van der Waals surface area (Å²) in [6.45, 7) is 4.70. The van der Waals surface area contributed by atoms with Crippen LogP contribution < -0.4 is 10.6 Å². The lowest BCUT2D eigenvalue weighted by Gasteiger charge is -2.16. The molecule has 0 atom stereocenters. The Bertz CT molecular complexity index is 1130. The zero-order valence-electron chi connectivity index (χ0n) is 15.2. The normalized spacial score (nSPS) is 12.9. The summed E-state index contributed by atoms with van der Waals surface area (Å²) in [7, 11) is 0. The second-order valence-electron chi connectivity index (χ2n) is 6.70. The van der Waals surface area contributed by atoms with Gasteiger partial charge in [0.1, 0.15) is 5.69 Å². The molecule has 6 nitrogen and oxygen atoms in total. The molecule has 3 aromatic rings. The van der Waals surface area contributed by atoms with Crippen molar-refractivity contribution in [2.24, 2.45) is 0 Å². The minimum Gasteiger partial charge on any atom is -0.349 e. The summed E-state index contributed by atoms with van der Waals surface area (Å²) in [5.41, 5.74) is 3.54. The number of nitrogens with one attached hydrogen (secondary N) is 2. The van der Waals surface area contributed by atoms with E-state index in [9.17, 15) is 14.4 Å². The van der Waals surface area contributed by atoms with Crippen LogP contribution in [0.3, 0.4) is 0 Å². The van der Waals surface area contributed by atoms with E-state index in [0.717, 1.165) is 16.5 Å². The Morgan fingerprint density at radius 2 is 2.04 bits per heavy atom. The number of fused-ring (bicyclic) bond motifs is 3. The van der Waals surface area contributed by atoms with Gasteiger partial charge < -0.3 is 15.2 Å². The van der Waals surface area contributed by atoms with Crippen molar-refractivity contribution in [2.45, 2.75) is 13.0 Å². The summed E-state index contributed by atoms with van der Waals surface area (Å²) in [6, 6.07) is 14.6. The standard InChI is InChI=1S/C22H19N3O3/c1-2-21(27)24-17-5-3-4-14(10-17)11-20(26)16-7-6-15-12-19-22(28)23-8-9-25(19)18(15)13-16/h2-7,10,12-13H,1,8-9,11H2,(H,23,28)(H,24,27). The van der Waals surface area contributed by atoms with Crippen LogP contribution in [0, 0.1) is 0 Å². The Hall–Kier alpha value is -3.67. The highest BCUT2D eigenvalue weighted by Crippen LogP contribution is 2.24. The van der Waals surface area contributed by atoms with Gasteiger partial charge in [-0.25, -0.2) is 0 Å². The van der Waals surface area contributed by atoms with E-state index in [0.29, 0.717) is 30.0 Å². The Morgan fingerprint density at radius 3 is 2.86 bits per heavy atom. The van der Waals surface area contributed by atoms with E-state index in [1.165, 1.54) is 6.08 Å². The molecule has 2 aromatic carbocycles. The Balaban J connectivity index is 1.59. The number of anilines is 1. The molecule has 1 aliphatic rings. The largest absolute Gasteiger partial charge is 0.349 e. The molecule has 0 saturated heterocycles. The first-order valence-corrected chi connectivity index (χ1v) is 9.02. The molecule has 0 aliphatic carbocycles. The Kier molecular flexibility index (Phi) is 4.53. The Morgan fingerprint density at radius 1 is 1.18 bits per heavy atom. The number of nitrogens with zero attached hydrogens (tertiary/aromatic N) is 1. The molecular weight excluding hydrogens is 354 g/mol. The van der Waals surface area contributed by atoms with Gasteiger partial charge in [0.25, 0.3) is 5.91 Å². The number of carbonyl (C=O) groups is 3. The topological polar surface area (TPSA) is 80.2 Å². The predicted octanol–water partition coefficient (Wildman–Crippen LogP) is 2.93. The number of carbonyl (C=O) groups excluding carboxylic acids is 3. The van der Waals surface area contributed by atoms with Crippen LogP contribution in [0.1, 0.15) is 26.4 Å². The molecule has 0 saturated carbocycles. The maximum absolute atomic E-state index is 12.8. The van der Waals surface area contributed by atoms with Crippen LogP contribution in [0.2, 0.25) is 0 Å². The number of ketones is 1. The fraction of sp³-hybridized carbons (Fsp3) is 0.136. The van der Waals surface area contributed by atoms with Crippen LogP contribution >= 0.6 is 0 Å². The summed E-state index contributed by atoms with van der Waals surface area (Å²) < 4.78 is 1.95. The van der Waals surface area contributed by atoms with Gasteiger partial charge in [-0.15, -0.1) is 0 Å². The van der Waals surface area contributed by atoms with Gasteiger partial charge >= 0.3 is 0 Å². The van der Waals surface area contributed by atoms with E-state index in [1.54, 1.807) is 24.3 Å². The van der Waals surface area contributed by atoms with Gasteiger partial charge in [-0.1, -0.05) is 30.8 Å². The summed E-state index contributed by atoms with van der Waals surface area (Å²) in [6.07, 6.45) is 1.42. The minimum absolute atomic E-state index is 0.0232. The van der Waals surface area contributed by atoms with Crippen molar-refractivity contribution in [1.82, 2.24) is 9.88 Å². The molecule has 0 spiro atoms. The van der Waals surface area contributed by atoms with Crippen LogP contribution in [-0.2, 0) is 17.8 Å². The van der Waals surface area contributed by atoms with E-state index in [4.69, 9.17) is 0 Å². The summed E-state index contributed by atoms with van der Waals surface area (Å²) in [5, 5.41) is 6.47. The molecular formula is C22H19N3O3. The average Bonchev–Trinajstić information content (AvgIpc) is 3.07. The fourth-order valence-electron chi connectivity index (χ4n) is 3.47. The molecule has 0 fully saturated rings. The SMILES string of the molecule is C=CC(=O)Nc1cccc(CC(=O)c2ccc3cc4n(c3c2)CCNC4=O)c1. The van der Waals surface area contributed by atoms with Crippen LogP contribution in [0.5, 0.6) is 0 Å². The number of rotatable bonds is 5. The molecule has 4 rings (SSSR count). The van der Waals surface area contributed by atoms with Gasteiger partial charge in [-0.2, -0.15) is 0 Å². The predicted molar refractivity (Wildman–Crippen MR) is 108 cm³/mol. The van der Waals surface area contributed by atoms with E-state index < -0.39 is 0 Å². The molecule has 28 heavy (non-hydrogen) atoms. The monoisotopic (exact) mass is 373 g/mol. The minimum atomic E-state index is -0.295. The van der Waals surface area contributed by atoms with E-state index >= 15 is 0 Å². The third kappa shape index (κ3) is 3.32. The molecule has 2 amide bonds. The quantitative estimate of drug-likeness (QED) is 0.533. The smallest absolute Gasteiger partial charge is 0.268 e. The highest BCUT2D eigenvalue weighted by Gasteiger charge is 2.20. The highest BCUT2D eigenvalue weighted by molar-refractivity contribution is 6.04. The molecule has 1 aromatic heterocycles. The van der Waals surface area contributed by atoms with E-state index in [1.807, 2.05) is 28.8 Å². The number of Topliss-reactive ketones (excluding diaryl/α,β-unsaturated/α-hetero) is 1. The number of amides is 2. The molecule has 140 valence electrons. The second-order valence-corrected chi connectivity index (χ2v) is 6.70. The summed E-state index contributed by atoms with van der Waals surface area (Å²) in [5.74, 6) is -0.408. The zero-order valence-corrected chi connectivity index (χ0v) is 15.2. The highest BCUT2D eigenvalue weighted by atomic mass is 16.2. The van der Waals surface area contributed by atoms with Gasteiger partial charge in [-0.05, 0) is 35.9 Å². The number of benzene rings is 2. The third-order valence-corrected chi connectivity index (χ3v) is 4.82. The van der Waals surface area contributed by atoms with E-state index in [2.05, 4.69) is 17.2 Å². The lowest BCUT2D eigenvalue weighted by molar-refractivity contribution is -0.111. The molecule has 2 heterocycles. The van der Waals surface area contributed by atoms with Crippen LogP contribution in [0.25, 0.3) is 10.9 Å². The summed E-state index contributed by atoms with van der Waals surface area (Å²) >= 11 is 0. The molecule has 0 radical (unpaired) electrons. The molecule has 6 heteroatoms. The van der Waals surface area contributed by atoms with Crippen molar-refractivity contribution in [3.05, 3.63) is 78.0 Å². The van der Waals surface area contributed by atoms with Gasteiger partial charge in [-0.3, -0.25) is 14.4 Å². The maximum Gasteiger partial charge on any atom is 0.268 e. The zero-order chi connectivity index (χ0) is 19.7. The van der Waals surface area contributed by atoms with E-state index in [-0.39, 0.29) is 24.0 Å². The van der Waals surface area contributed by atoms with Gasteiger partial charge in [0.15, 0.2) is 5.78 Å². The third-order valence-electron chi connectivity index (χ3n) is 4.82. The first kappa shape index (κ1) is 17.7. The lowest BCUT2D eigenvalue weighted by Crippen LogP contribution is -2.34. The van der Waals surface area contributed by atoms with Gasteiger partial charge in [0, 0.05) is 41.7 Å². The lowest BCUT2D eigenvalue weighted by atomic mass is 10.0.